The lowest BCUT2D eigenvalue weighted by molar-refractivity contribution is 0.167. The smallest absolute Gasteiger partial charge is 0.289 e. The van der Waals surface area contributed by atoms with Crippen molar-refractivity contribution in [2.45, 2.75) is 12.8 Å². The first-order chi connectivity index (χ1) is 8.01. The van der Waals surface area contributed by atoms with Crippen molar-refractivity contribution >= 4 is 10.1 Å². The van der Waals surface area contributed by atoms with Gasteiger partial charge in [-0.25, -0.2) is 0 Å². The lowest BCUT2D eigenvalue weighted by Crippen LogP contribution is -2.08. The molecule has 0 bridgehead atoms. The first-order valence-electron chi connectivity index (χ1n) is 5.17. The summed E-state index contributed by atoms with van der Waals surface area (Å²) in [5.41, 5.74) is 1.13. The minimum absolute atomic E-state index is 0.297. The van der Waals surface area contributed by atoms with Gasteiger partial charge >= 0.3 is 0 Å². The number of methoxy groups -OCH3 is 1. The van der Waals surface area contributed by atoms with Gasteiger partial charge < -0.3 is 9.47 Å². The minimum Gasteiger partial charge on any atom is -0.497 e. The van der Waals surface area contributed by atoms with Gasteiger partial charge in [0.2, 0.25) is 0 Å². The molecule has 0 aliphatic heterocycles. The van der Waals surface area contributed by atoms with E-state index in [-0.39, 0.29) is 0 Å². The van der Waals surface area contributed by atoms with Crippen molar-refractivity contribution in [2.75, 3.05) is 19.7 Å². The van der Waals surface area contributed by atoms with Crippen molar-refractivity contribution < 1.29 is 22.4 Å². The molecule has 0 atom stereocenters. The van der Waals surface area contributed by atoms with E-state index in [9.17, 15) is 8.42 Å². The highest BCUT2D eigenvalue weighted by atomic mass is 32.2. The molecule has 17 heavy (non-hydrogen) atoms. The number of benzene rings is 1. The van der Waals surface area contributed by atoms with E-state index < -0.39 is 16.1 Å². The van der Waals surface area contributed by atoms with Crippen LogP contribution < -0.4 is 4.74 Å². The largest absolute Gasteiger partial charge is 0.497 e. The summed E-state index contributed by atoms with van der Waals surface area (Å²) in [6.07, 6.45) is 1.48. The van der Waals surface area contributed by atoms with E-state index in [0.717, 1.165) is 17.7 Å². The van der Waals surface area contributed by atoms with Gasteiger partial charge in [0.25, 0.3) is 10.1 Å². The molecule has 0 heterocycles. The van der Waals surface area contributed by atoms with E-state index in [1.54, 1.807) is 7.11 Å². The Morgan fingerprint density at radius 1 is 1.24 bits per heavy atom. The molecule has 0 fully saturated rings. The van der Waals surface area contributed by atoms with E-state index in [2.05, 4.69) is 0 Å². The van der Waals surface area contributed by atoms with Crippen LogP contribution in [0.3, 0.4) is 0 Å². The van der Waals surface area contributed by atoms with Crippen LogP contribution in [0.1, 0.15) is 12.0 Å². The fraction of sp³-hybridized carbons (Fsp3) is 0.455. The van der Waals surface area contributed by atoms with Gasteiger partial charge in [0.1, 0.15) is 5.75 Å². The lowest BCUT2D eigenvalue weighted by Gasteiger charge is -2.04. The van der Waals surface area contributed by atoms with E-state index in [4.69, 9.17) is 14.0 Å². The van der Waals surface area contributed by atoms with Crippen molar-refractivity contribution in [2.24, 2.45) is 0 Å². The second-order valence-electron chi connectivity index (χ2n) is 3.56. The summed E-state index contributed by atoms with van der Waals surface area (Å²) in [5.74, 6) is 0.159. The maximum atomic E-state index is 10.4. The Morgan fingerprint density at radius 3 is 2.41 bits per heavy atom. The van der Waals surface area contributed by atoms with Crippen LogP contribution >= 0.6 is 0 Å². The van der Waals surface area contributed by atoms with Gasteiger partial charge in [-0.2, -0.15) is 8.42 Å². The SMILES string of the molecule is COc1ccc(CCCOCS(=O)(=O)O)cc1. The molecule has 96 valence electrons. The zero-order valence-electron chi connectivity index (χ0n) is 9.63. The predicted molar refractivity (Wildman–Crippen MR) is 63.7 cm³/mol. The van der Waals surface area contributed by atoms with Gasteiger partial charge in [0.15, 0.2) is 5.94 Å². The highest BCUT2D eigenvalue weighted by Crippen LogP contribution is 2.12. The summed E-state index contributed by atoms with van der Waals surface area (Å²) in [5, 5.41) is 0. The normalized spacial score (nSPS) is 11.4. The van der Waals surface area contributed by atoms with E-state index in [1.807, 2.05) is 24.3 Å². The van der Waals surface area contributed by atoms with Gasteiger partial charge in [-0.15, -0.1) is 0 Å². The van der Waals surface area contributed by atoms with Gasteiger partial charge in [-0.3, -0.25) is 4.55 Å². The first-order valence-corrected chi connectivity index (χ1v) is 6.78. The molecular formula is C11H16O5S. The molecule has 0 aromatic heterocycles. The van der Waals surface area contributed by atoms with Crippen LogP contribution in [0.25, 0.3) is 0 Å². The molecule has 0 unspecified atom stereocenters. The molecule has 1 rings (SSSR count). The molecule has 0 amide bonds. The van der Waals surface area contributed by atoms with Gasteiger partial charge in [-0.05, 0) is 30.5 Å². The third-order valence-electron chi connectivity index (χ3n) is 2.15. The average Bonchev–Trinajstić information content (AvgIpc) is 2.28. The Labute approximate surface area is 101 Å². The monoisotopic (exact) mass is 260 g/mol. The summed E-state index contributed by atoms with van der Waals surface area (Å²) in [6.45, 7) is 0.297. The topological polar surface area (TPSA) is 72.8 Å². The van der Waals surface area contributed by atoms with Crippen molar-refractivity contribution in [1.82, 2.24) is 0 Å². The first kappa shape index (κ1) is 14.0. The zero-order chi connectivity index (χ0) is 12.7. The van der Waals surface area contributed by atoms with Gasteiger partial charge in [0, 0.05) is 6.61 Å². The Hall–Kier alpha value is -1.11. The van der Waals surface area contributed by atoms with Crippen LogP contribution in [0.5, 0.6) is 5.75 Å². The van der Waals surface area contributed by atoms with Crippen LogP contribution in [0.4, 0.5) is 0 Å². The summed E-state index contributed by atoms with van der Waals surface area (Å²) in [6, 6.07) is 7.63. The molecule has 6 heteroatoms. The Morgan fingerprint density at radius 2 is 1.88 bits per heavy atom. The molecular weight excluding hydrogens is 244 g/mol. The van der Waals surface area contributed by atoms with E-state index in [1.165, 1.54) is 0 Å². The van der Waals surface area contributed by atoms with E-state index >= 15 is 0 Å². The molecule has 0 saturated heterocycles. The maximum absolute atomic E-state index is 10.4. The molecule has 0 aliphatic rings. The molecule has 1 aromatic carbocycles. The number of hydrogen-bond acceptors (Lipinski definition) is 4. The number of ether oxygens (including phenoxy) is 2. The van der Waals surface area contributed by atoms with Crippen molar-refractivity contribution in [3.8, 4) is 5.75 Å². The minimum atomic E-state index is -4.02. The highest BCUT2D eigenvalue weighted by molar-refractivity contribution is 7.85. The standard InChI is InChI=1S/C11H16O5S/c1-15-11-6-4-10(5-7-11)3-2-8-16-9-17(12,13)14/h4-7H,2-3,8-9H2,1H3,(H,12,13,14). The maximum Gasteiger partial charge on any atom is 0.289 e. The van der Waals surface area contributed by atoms with E-state index in [0.29, 0.717) is 13.0 Å². The average molecular weight is 260 g/mol. The predicted octanol–water partition coefficient (Wildman–Crippen LogP) is 1.49. The van der Waals surface area contributed by atoms with Crippen molar-refractivity contribution in [3.63, 3.8) is 0 Å². The Balaban J connectivity index is 2.22. The molecule has 0 aliphatic carbocycles. The molecule has 0 spiro atoms. The van der Waals surface area contributed by atoms with Crippen LogP contribution in [0, 0.1) is 0 Å². The molecule has 1 aromatic rings. The second-order valence-corrected chi connectivity index (χ2v) is 4.96. The van der Waals surface area contributed by atoms with Crippen LogP contribution in [-0.4, -0.2) is 32.6 Å². The number of aryl methyl sites for hydroxylation is 1. The summed E-state index contributed by atoms with van der Waals surface area (Å²) >= 11 is 0. The van der Waals surface area contributed by atoms with Crippen LogP contribution in [0.15, 0.2) is 24.3 Å². The third kappa shape index (κ3) is 6.25. The summed E-state index contributed by atoms with van der Waals surface area (Å²) < 4.78 is 39.0. The summed E-state index contributed by atoms with van der Waals surface area (Å²) in [4.78, 5) is 0. The van der Waals surface area contributed by atoms with Crippen LogP contribution in [-0.2, 0) is 21.3 Å². The third-order valence-corrected chi connectivity index (χ3v) is 2.61. The molecule has 0 saturated carbocycles. The molecule has 5 nitrogen and oxygen atoms in total. The van der Waals surface area contributed by atoms with Crippen molar-refractivity contribution in [1.29, 1.82) is 0 Å². The molecule has 1 N–H and O–H groups in total. The fourth-order valence-electron chi connectivity index (χ4n) is 1.33. The quantitative estimate of drug-likeness (QED) is 0.594. The number of rotatable bonds is 7. The van der Waals surface area contributed by atoms with Crippen molar-refractivity contribution in [3.05, 3.63) is 29.8 Å². The second kappa shape index (κ2) is 6.58. The highest BCUT2D eigenvalue weighted by Gasteiger charge is 2.03. The Kier molecular flexibility index (Phi) is 5.40. The zero-order valence-corrected chi connectivity index (χ0v) is 10.4. The number of hydrogen-bond donors (Lipinski definition) is 1. The molecule has 0 radical (unpaired) electrons. The fourth-order valence-corrected chi connectivity index (χ4v) is 1.66. The summed E-state index contributed by atoms with van der Waals surface area (Å²) in [7, 11) is -2.41. The Bertz CT molecular complexity index is 424. The van der Waals surface area contributed by atoms with Gasteiger partial charge in [-0.1, -0.05) is 12.1 Å². The van der Waals surface area contributed by atoms with Crippen LogP contribution in [0.2, 0.25) is 0 Å². The lowest BCUT2D eigenvalue weighted by atomic mass is 10.1. The van der Waals surface area contributed by atoms with Gasteiger partial charge in [0.05, 0.1) is 7.11 Å².